The molecule has 1 aromatic carbocycles. The van der Waals surface area contributed by atoms with Crippen molar-refractivity contribution >= 4 is 17.4 Å². The first-order valence-electron chi connectivity index (χ1n) is 11.3. The third-order valence-corrected chi connectivity index (χ3v) is 5.86. The average Bonchev–Trinajstić information content (AvgIpc) is 3.10. The number of Topliss-reactive ketones (excluding diaryl/α,β-unsaturated/α-hetero) is 1. The van der Waals surface area contributed by atoms with Crippen LogP contribution < -0.4 is 4.74 Å². The number of rotatable bonds is 8. The standard InChI is InChI=1S/C27H27N3O4/c1-3-4-14-34-21-7-8-22(18(2)15-21)25(31)23-24(20-9-12-28-13-10-20)30(27(33)26(23)32)17-19-6-5-11-29-16-19/h5-13,15-16,24,31H,3-4,14,17H2,1-2H3/t24-/m0/s1. The Morgan fingerprint density at radius 3 is 2.56 bits per heavy atom. The fourth-order valence-corrected chi connectivity index (χ4v) is 4.09. The average molecular weight is 458 g/mol. The van der Waals surface area contributed by atoms with Crippen LogP contribution in [0.1, 0.15) is 48.1 Å². The summed E-state index contributed by atoms with van der Waals surface area (Å²) in [6.07, 6.45) is 8.50. The molecular formula is C27H27N3O4. The molecular weight excluding hydrogens is 430 g/mol. The highest BCUT2D eigenvalue weighted by molar-refractivity contribution is 6.46. The van der Waals surface area contributed by atoms with Crippen LogP contribution in [0.4, 0.5) is 0 Å². The molecule has 0 saturated carbocycles. The minimum absolute atomic E-state index is 0.0582. The van der Waals surface area contributed by atoms with Gasteiger partial charge in [0.05, 0.1) is 18.2 Å². The summed E-state index contributed by atoms with van der Waals surface area (Å²) in [6.45, 7) is 4.74. The third kappa shape index (κ3) is 4.69. The predicted octanol–water partition coefficient (Wildman–Crippen LogP) is 4.59. The number of aromatic nitrogens is 2. The maximum absolute atomic E-state index is 13.2. The van der Waals surface area contributed by atoms with Crippen molar-refractivity contribution in [2.45, 2.75) is 39.3 Å². The molecule has 3 heterocycles. The molecule has 1 aliphatic heterocycles. The number of pyridine rings is 2. The summed E-state index contributed by atoms with van der Waals surface area (Å²) in [7, 11) is 0. The Hall–Kier alpha value is -4.00. The number of carbonyl (C=O) groups excluding carboxylic acids is 2. The number of aliphatic hydroxyl groups is 1. The second-order valence-electron chi connectivity index (χ2n) is 8.25. The first-order valence-corrected chi connectivity index (χ1v) is 11.3. The van der Waals surface area contributed by atoms with Crippen molar-refractivity contribution in [2.75, 3.05) is 6.61 Å². The molecule has 34 heavy (non-hydrogen) atoms. The fourth-order valence-electron chi connectivity index (χ4n) is 4.09. The molecule has 0 radical (unpaired) electrons. The maximum Gasteiger partial charge on any atom is 0.295 e. The van der Waals surface area contributed by atoms with Gasteiger partial charge in [0, 0.05) is 36.9 Å². The van der Waals surface area contributed by atoms with E-state index in [0.29, 0.717) is 23.5 Å². The van der Waals surface area contributed by atoms with E-state index >= 15 is 0 Å². The monoisotopic (exact) mass is 457 g/mol. The van der Waals surface area contributed by atoms with E-state index in [4.69, 9.17) is 4.74 Å². The van der Waals surface area contributed by atoms with Gasteiger partial charge < -0.3 is 14.7 Å². The van der Waals surface area contributed by atoms with Crippen LogP contribution in [0.3, 0.4) is 0 Å². The van der Waals surface area contributed by atoms with Crippen LogP contribution in [0, 0.1) is 6.92 Å². The van der Waals surface area contributed by atoms with Crippen molar-refractivity contribution < 1.29 is 19.4 Å². The van der Waals surface area contributed by atoms with E-state index in [1.165, 1.54) is 4.90 Å². The van der Waals surface area contributed by atoms with E-state index in [0.717, 1.165) is 24.0 Å². The smallest absolute Gasteiger partial charge is 0.295 e. The molecule has 0 bridgehead atoms. The van der Waals surface area contributed by atoms with Gasteiger partial charge in [-0.05, 0) is 66.4 Å². The molecule has 0 unspecified atom stereocenters. The van der Waals surface area contributed by atoms with Crippen molar-refractivity contribution in [3.05, 3.63) is 95.1 Å². The van der Waals surface area contributed by atoms with Gasteiger partial charge in [-0.25, -0.2) is 0 Å². The Balaban J connectivity index is 1.76. The van der Waals surface area contributed by atoms with Gasteiger partial charge in [0.15, 0.2) is 0 Å². The summed E-state index contributed by atoms with van der Waals surface area (Å²) < 4.78 is 5.76. The lowest BCUT2D eigenvalue weighted by Crippen LogP contribution is -2.29. The number of ketones is 1. The predicted molar refractivity (Wildman–Crippen MR) is 128 cm³/mol. The molecule has 1 amide bonds. The largest absolute Gasteiger partial charge is 0.507 e. The second kappa shape index (κ2) is 10.3. The third-order valence-electron chi connectivity index (χ3n) is 5.86. The number of hydrogen-bond acceptors (Lipinski definition) is 6. The van der Waals surface area contributed by atoms with Gasteiger partial charge in [0.25, 0.3) is 11.7 Å². The van der Waals surface area contributed by atoms with Gasteiger partial charge in [-0.15, -0.1) is 0 Å². The first kappa shape index (κ1) is 23.2. The van der Waals surface area contributed by atoms with Gasteiger partial charge in [-0.1, -0.05) is 19.4 Å². The Bertz CT molecular complexity index is 1210. The maximum atomic E-state index is 13.2. The summed E-state index contributed by atoms with van der Waals surface area (Å²) in [5.74, 6) is -0.882. The van der Waals surface area contributed by atoms with Crippen LogP contribution in [0.15, 0.2) is 72.8 Å². The van der Waals surface area contributed by atoms with Crippen molar-refractivity contribution in [3.8, 4) is 5.75 Å². The summed E-state index contributed by atoms with van der Waals surface area (Å²) in [5.41, 5.74) is 2.77. The van der Waals surface area contributed by atoms with Crippen molar-refractivity contribution in [2.24, 2.45) is 0 Å². The van der Waals surface area contributed by atoms with E-state index in [1.54, 1.807) is 55.1 Å². The summed E-state index contributed by atoms with van der Waals surface area (Å²) in [5, 5.41) is 11.3. The van der Waals surface area contributed by atoms with Crippen LogP contribution >= 0.6 is 0 Å². The number of nitrogens with zero attached hydrogens (tertiary/aromatic N) is 3. The van der Waals surface area contributed by atoms with Crippen LogP contribution in [0.2, 0.25) is 0 Å². The fraction of sp³-hybridized carbons (Fsp3) is 0.259. The zero-order valence-corrected chi connectivity index (χ0v) is 19.3. The molecule has 174 valence electrons. The molecule has 1 fully saturated rings. The van der Waals surface area contributed by atoms with Gasteiger partial charge in [-0.2, -0.15) is 0 Å². The highest BCUT2D eigenvalue weighted by Gasteiger charge is 2.46. The summed E-state index contributed by atoms with van der Waals surface area (Å²) >= 11 is 0. The topological polar surface area (TPSA) is 92.6 Å². The number of ether oxygens (including phenoxy) is 1. The Morgan fingerprint density at radius 1 is 1.09 bits per heavy atom. The SMILES string of the molecule is CCCCOc1ccc(C(O)=C2C(=O)C(=O)N(Cc3cccnc3)[C@H]2c2ccncc2)c(C)c1. The number of likely N-dealkylation sites (tertiary alicyclic amines) is 1. The second-order valence-corrected chi connectivity index (χ2v) is 8.25. The van der Waals surface area contributed by atoms with Crippen LogP contribution in [0.5, 0.6) is 5.75 Å². The highest BCUT2D eigenvalue weighted by atomic mass is 16.5. The number of carbonyl (C=O) groups is 2. The number of aliphatic hydroxyl groups excluding tert-OH is 1. The molecule has 0 aliphatic carbocycles. The molecule has 3 aromatic rings. The van der Waals surface area contributed by atoms with Crippen molar-refractivity contribution in [1.29, 1.82) is 0 Å². The lowest BCUT2D eigenvalue weighted by Gasteiger charge is -2.25. The highest BCUT2D eigenvalue weighted by Crippen LogP contribution is 2.40. The molecule has 1 saturated heterocycles. The van der Waals surface area contributed by atoms with E-state index in [-0.39, 0.29) is 17.9 Å². The van der Waals surface area contributed by atoms with Crippen molar-refractivity contribution in [1.82, 2.24) is 14.9 Å². The number of unbranched alkanes of at least 4 members (excludes halogenated alkanes) is 1. The molecule has 7 heteroatoms. The first-order chi connectivity index (χ1) is 16.5. The quantitative estimate of drug-likeness (QED) is 0.230. The van der Waals surface area contributed by atoms with E-state index < -0.39 is 17.7 Å². The lowest BCUT2D eigenvalue weighted by molar-refractivity contribution is -0.140. The normalized spacial score (nSPS) is 17.2. The summed E-state index contributed by atoms with van der Waals surface area (Å²) in [6, 6.07) is 11.7. The van der Waals surface area contributed by atoms with E-state index in [1.807, 2.05) is 19.1 Å². The van der Waals surface area contributed by atoms with Crippen LogP contribution in [-0.4, -0.2) is 38.3 Å². The Labute approximate surface area is 198 Å². The number of hydrogen-bond donors (Lipinski definition) is 1. The number of benzene rings is 1. The molecule has 4 rings (SSSR count). The van der Waals surface area contributed by atoms with E-state index in [9.17, 15) is 14.7 Å². The number of aryl methyl sites for hydroxylation is 1. The zero-order valence-electron chi connectivity index (χ0n) is 19.3. The summed E-state index contributed by atoms with van der Waals surface area (Å²) in [4.78, 5) is 35.9. The Kier molecular flexibility index (Phi) is 7.01. The molecule has 1 atom stereocenters. The molecule has 1 N–H and O–H groups in total. The number of amides is 1. The van der Waals surface area contributed by atoms with Crippen LogP contribution in [-0.2, 0) is 16.1 Å². The van der Waals surface area contributed by atoms with Crippen molar-refractivity contribution in [3.63, 3.8) is 0 Å². The molecule has 0 spiro atoms. The molecule has 1 aliphatic rings. The van der Waals surface area contributed by atoms with Gasteiger partial charge in [0.2, 0.25) is 0 Å². The minimum Gasteiger partial charge on any atom is -0.507 e. The molecule has 2 aromatic heterocycles. The lowest BCUT2D eigenvalue weighted by atomic mass is 9.94. The van der Waals surface area contributed by atoms with E-state index in [2.05, 4.69) is 16.9 Å². The van der Waals surface area contributed by atoms with Crippen LogP contribution in [0.25, 0.3) is 5.76 Å². The molecule has 7 nitrogen and oxygen atoms in total. The van der Waals surface area contributed by atoms with Gasteiger partial charge in [-0.3, -0.25) is 19.6 Å². The zero-order chi connectivity index (χ0) is 24.1. The van der Waals surface area contributed by atoms with Gasteiger partial charge in [0.1, 0.15) is 11.5 Å². The Morgan fingerprint density at radius 2 is 1.88 bits per heavy atom. The van der Waals surface area contributed by atoms with Gasteiger partial charge >= 0.3 is 0 Å². The minimum atomic E-state index is -0.747.